The Morgan fingerprint density at radius 1 is 0.941 bits per heavy atom. The van der Waals surface area contributed by atoms with Crippen molar-refractivity contribution in [3.63, 3.8) is 0 Å². The molecule has 34 heavy (non-hydrogen) atoms. The molecule has 11 heteroatoms. The fraction of sp³-hybridized carbons (Fsp3) is 0.435. The highest BCUT2D eigenvalue weighted by molar-refractivity contribution is 6.11. The van der Waals surface area contributed by atoms with Crippen LogP contribution in [0.25, 0.3) is 21.7 Å². The van der Waals surface area contributed by atoms with E-state index in [1.165, 1.54) is 22.8 Å². The molecular formula is C23H23F6NO4. The van der Waals surface area contributed by atoms with Crippen molar-refractivity contribution in [1.29, 1.82) is 0 Å². The van der Waals surface area contributed by atoms with Gasteiger partial charge >= 0.3 is 18.0 Å². The molecule has 186 valence electrons. The molecule has 0 aliphatic carbocycles. The number of nitrogens with zero attached hydrogens (tertiary/aromatic N) is 1. The van der Waals surface area contributed by atoms with Gasteiger partial charge in [0.2, 0.25) is 0 Å². The zero-order valence-corrected chi connectivity index (χ0v) is 18.9. The molecule has 1 heterocycles. The van der Waals surface area contributed by atoms with Gasteiger partial charge in [-0.2, -0.15) is 22.0 Å². The molecule has 3 aromatic rings. The molecular weight excluding hydrogens is 468 g/mol. The van der Waals surface area contributed by atoms with Gasteiger partial charge in [-0.05, 0) is 18.6 Å². The Bertz CT molecular complexity index is 1270. The summed E-state index contributed by atoms with van der Waals surface area (Å²) in [5, 5.41) is 0.0254. The number of pyridine rings is 1. The number of rotatable bonds is 8. The normalized spacial score (nSPS) is 14.4. The van der Waals surface area contributed by atoms with Gasteiger partial charge in [-0.25, -0.2) is 4.39 Å². The topological polar surface area (TPSA) is 49.7 Å². The second-order valence-electron chi connectivity index (χ2n) is 7.62. The molecule has 0 amide bonds. The van der Waals surface area contributed by atoms with Crippen LogP contribution in [0, 0.1) is 0 Å². The van der Waals surface area contributed by atoms with Gasteiger partial charge in [0.15, 0.2) is 0 Å². The Hall–Kier alpha value is -2.95. The molecule has 0 spiro atoms. The molecule has 1 atom stereocenters. The second kappa shape index (κ2) is 9.01. The SMILES string of the molecule is CCCCn1c(=O)c2ccccc2c2c(OC)c(C(F)(C(F)(F)F)C(F)(F)OC)cc(OC)c21. The minimum absolute atomic E-state index is 0.00510. The molecule has 0 aliphatic heterocycles. The standard InChI is InChI=1S/C23H23F6NO4/c1-5-6-11-30-18-16(32-2)12-15(21(24,22(25,26)27)23(28,29)34-4)19(33-3)17(18)13-9-7-8-10-14(13)20(30)31/h7-10,12H,5-6,11H2,1-4H3. The summed E-state index contributed by atoms with van der Waals surface area (Å²) in [6.45, 7) is 2.03. The van der Waals surface area contributed by atoms with E-state index in [4.69, 9.17) is 9.47 Å². The zero-order chi connectivity index (χ0) is 25.5. The lowest BCUT2D eigenvalue weighted by atomic mass is 9.89. The van der Waals surface area contributed by atoms with Gasteiger partial charge in [0.05, 0.1) is 30.7 Å². The van der Waals surface area contributed by atoms with Crippen LogP contribution < -0.4 is 15.0 Å². The summed E-state index contributed by atoms with van der Waals surface area (Å²) in [4.78, 5) is 13.2. The van der Waals surface area contributed by atoms with Crippen LogP contribution in [0.4, 0.5) is 26.3 Å². The Morgan fingerprint density at radius 3 is 2.06 bits per heavy atom. The molecule has 3 rings (SSSR count). The summed E-state index contributed by atoms with van der Waals surface area (Å²) >= 11 is 0. The fourth-order valence-electron chi connectivity index (χ4n) is 4.05. The Labute approximate surface area is 190 Å². The van der Waals surface area contributed by atoms with Crippen LogP contribution >= 0.6 is 0 Å². The van der Waals surface area contributed by atoms with E-state index in [9.17, 15) is 26.7 Å². The van der Waals surface area contributed by atoms with E-state index >= 15 is 4.39 Å². The Balaban J connectivity index is 2.68. The van der Waals surface area contributed by atoms with Crippen LogP contribution in [0.2, 0.25) is 0 Å². The van der Waals surface area contributed by atoms with Crippen molar-refractivity contribution < 1.29 is 40.6 Å². The Morgan fingerprint density at radius 2 is 1.56 bits per heavy atom. The van der Waals surface area contributed by atoms with Gasteiger partial charge in [0.25, 0.3) is 5.56 Å². The highest BCUT2D eigenvalue weighted by atomic mass is 19.4. The average molecular weight is 491 g/mol. The number of unbranched alkanes of at least 4 members (excludes halogenated alkanes) is 1. The maximum atomic E-state index is 15.7. The minimum Gasteiger partial charge on any atom is -0.496 e. The monoisotopic (exact) mass is 491 g/mol. The average Bonchev–Trinajstić information content (AvgIpc) is 2.81. The van der Waals surface area contributed by atoms with Crippen LogP contribution in [0.15, 0.2) is 35.1 Å². The molecule has 1 unspecified atom stereocenters. The number of aryl methyl sites for hydroxylation is 1. The zero-order valence-electron chi connectivity index (χ0n) is 18.9. The molecule has 0 aliphatic rings. The van der Waals surface area contributed by atoms with Gasteiger partial charge in [-0.1, -0.05) is 31.5 Å². The van der Waals surface area contributed by atoms with Gasteiger partial charge in [0.1, 0.15) is 11.5 Å². The third-order valence-electron chi connectivity index (χ3n) is 5.74. The number of benzene rings is 2. The highest BCUT2D eigenvalue weighted by Gasteiger charge is 2.74. The van der Waals surface area contributed by atoms with E-state index < -0.39 is 40.6 Å². The number of methoxy groups -OCH3 is 3. The molecule has 0 bridgehead atoms. The van der Waals surface area contributed by atoms with E-state index in [1.807, 2.05) is 6.92 Å². The van der Waals surface area contributed by atoms with Crippen LogP contribution in [-0.2, 0) is 17.0 Å². The summed E-state index contributed by atoms with van der Waals surface area (Å²) in [7, 11) is 2.28. The first kappa shape index (κ1) is 25.7. The number of alkyl halides is 6. The predicted molar refractivity (Wildman–Crippen MR) is 115 cm³/mol. The predicted octanol–water partition coefficient (Wildman–Crippen LogP) is 5.94. The smallest absolute Gasteiger partial charge is 0.435 e. The highest BCUT2D eigenvalue weighted by Crippen LogP contribution is 2.57. The number of hydrogen-bond donors (Lipinski definition) is 0. The first-order chi connectivity index (χ1) is 15.9. The maximum absolute atomic E-state index is 15.7. The maximum Gasteiger partial charge on any atom is 0.435 e. The van der Waals surface area contributed by atoms with Crippen molar-refractivity contribution in [3.05, 3.63) is 46.2 Å². The lowest BCUT2D eigenvalue weighted by Crippen LogP contribution is -2.53. The van der Waals surface area contributed by atoms with Crippen molar-refractivity contribution in [2.24, 2.45) is 0 Å². The number of aromatic nitrogens is 1. The molecule has 0 fully saturated rings. The van der Waals surface area contributed by atoms with Crippen LogP contribution in [0.1, 0.15) is 25.3 Å². The van der Waals surface area contributed by atoms with Gasteiger partial charge < -0.3 is 18.8 Å². The van der Waals surface area contributed by atoms with Crippen molar-refractivity contribution in [1.82, 2.24) is 4.57 Å². The second-order valence-corrected chi connectivity index (χ2v) is 7.62. The summed E-state index contributed by atoms with van der Waals surface area (Å²) in [6.07, 6.45) is -10.2. The van der Waals surface area contributed by atoms with Crippen LogP contribution in [0.5, 0.6) is 11.5 Å². The van der Waals surface area contributed by atoms with Crippen LogP contribution in [-0.4, -0.2) is 38.2 Å². The van der Waals surface area contributed by atoms with Gasteiger partial charge in [-0.15, -0.1) is 0 Å². The molecule has 0 radical (unpaired) electrons. The number of hydrogen-bond acceptors (Lipinski definition) is 4. The number of halogens is 6. The van der Waals surface area contributed by atoms with Crippen molar-refractivity contribution >= 4 is 21.7 Å². The lowest BCUT2D eigenvalue weighted by Gasteiger charge is -2.35. The largest absolute Gasteiger partial charge is 0.496 e. The minimum atomic E-state index is -6.11. The fourth-order valence-corrected chi connectivity index (χ4v) is 4.05. The molecule has 0 saturated heterocycles. The quantitative estimate of drug-likeness (QED) is 0.289. The van der Waals surface area contributed by atoms with Crippen LogP contribution in [0.3, 0.4) is 0 Å². The van der Waals surface area contributed by atoms with E-state index in [-0.39, 0.29) is 35.3 Å². The molecule has 5 nitrogen and oxygen atoms in total. The van der Waals surface area contributed by atoms with Gasteiger partial charge in [0, 0.05) is 24.4 Å². The third kappa shape index (κ3) is 3.66. The van der Waals surface area contributed by atoms with E-state index in [0.717, 1.165) is 14.2 Å². The van der Waals surface area contributed by atoms with E-state index in [1.54, 1.807) is 6.07 Å². The molecule has 0 N–H and O–H groups in total. The van der Waals surface area contributed by atoms with Crippen molar-refractivity contribution in [2.75, 3.05) is 21.3 Å². The Kier molecular flexibility index (Phi) is 6.80. The third-order valence-corrected chi connectivity index (χ3v) is 5.74. The number of ether oxygens (including phenoxy) is 3. The summed E-state index contributed by atoms with van der Waals surface area (Å²) < 4.78 is 102. The van der Waals surface area contributed by atoms with Crippen molar-refractivity contribution in [2.45, 2.75) is 44.3 Å². The molecule has 0 saturated carbocycles. The van der Waals surface area contributed by atoms with E-state index in [0.29, 0.717) is 18.9 Å². The first-order valence-electron chi connectivity index (χ1n) is 10.3. The summed E-state index contributed by atoms with van der Waals surface area (Å²) in [5.74, 6) is -1.21. The summed E-state index contributed by atoms with van der Waals surface area (Å²) in [6, 6.07) is 6.39. The number of fused-ring (bicyclic) bond motifs is 3. The lowest BCUT2D eigenvalue weighted by molar-refractivity contribution is -0.383. The first-order valence-corrected chi connectivity index (χ1v) is 10.3. The van der Waals surface area contributed by atoms with Gasteiger partial charge in [-0.3, -0.25) is 4.79 Å². The summed E-state index contributed by atoms with van der Waals surface area (Å²) in [5.41, 5.74) is -7.29. The molecule has 2 aromatic carbocycles. The van der Waals surface area contributed by atoms with Crippen molar-refractivity contribution in [3.8, 4) is 11.5 Å². The van der Waals surface area contributed by atoms with E-state index in [2.05, 4.69) is 4.74 Å². The molecule has 1 aromatic heterocycles.